The summed E-state index contributed by atoms with van der Waals surface area (Å²) in [6, 6.07) is 4.70. The molecule has 1 heterocycles. The lowest BCUT2D eigenvalue weighted by Crippen LogP contribution is -2.26. The van der Waals surface area contributed by atoms with Crippen LogP contribution < -0.4 is 0 Å². The number of amides is 1. The Morgan fingerprint density at radius 3 is 2.95 bits per heavy atom. The molecule has 0 spiro atoms. The molecule has 4 nitrogen and oxygen atoms in total. The first-order chi connectivity index (χ1) is 9.01. The van der Waals surface area contributed by atoms with E-state index < -0.39 is 11.9 Å². The summed E-state index contributed by atoms with van der Waals surface area (Å²) in [6.07, 6.45) is 0.130. The Labute approximate surface area is 118 Å². The van der Waals surface area contributed by atoms with Gasteiger partial charge in [0.1, 0.15) is 5.82 Å². The second-order valence-corrected chi connectivity index (χ2v) is 5.35. The van der Waals surface area contributed by atoms with Crippen LogP contribution in [0, 0.1) is 11.7 Å². The molecule has 2 rings (SSSR count). The van der Waals surface area contributed by atoms with Gasteiger partial charge in [-0.2, -0.15) is 0 Å². The minimum absolute atomic E-state index is 0.130. The van der Waals surface area contributed by atoms with E-state index in [1.807, 2.05) is 0 Å². The molecule has 1 atom stereocenters. The van der Waals surface area contributed by atoms with E-state index in [0.717, 1.165) is 0 Å². The molecule has 0 radical (unpaired) electrons. The number of esters is 1. The van der Waals surface area contributed by atoms with Crippen molar-refractivity contribution in [1.29, 1.82) is 0 Å². The highest BCUT2D eigenvalue weighted by atomic mass is 79.9. The lowest BCUT2D eigenvalue weighted by Gasteiger charge is -2.16. The van der Waals surface area contributed by atoms with Crippen LogP contribution in [0.3, 0.4) is 0 Å². The van der Waals surface area contributed by atoms with Crippen molar-refractivity contribution < 1.29 is 18.7 Å². The van der Waals surface area contributed by atoms with E-state index in [1.165, 1.54) is 18.1 Å². The smallest absolute Gasteiger partial charge is 0.310 e. The van der Waals surface area contributed by atoms with Crippen molar-refractivity contribution in [2.75, 3.05) is 13.7 Å². The maximum atomic E-state index is 13.7. The molecule has 102 valence electrons. The zero-order valence-electron chi connectivity index (χ0n) is 10.4. The van der Waals surface area contributed by atoms with Crippen molar-refractivity contribution in [2.45, 2.75) is 13.0 Å². The fraction of sp³-hybridized carbons (Fsp3) is 0.385. The summed E-state index contributed by atoms with van der Waals surface area (Å²) in [5.41, 5.74) is 0.432. The number of hydrogen-bond acceptors (Lipinski definition) is 3. The maximum Gasteiger partial charge on any atom is 0.310 e. The van der Waals surface area contributed by atoms with Gasteiger partial charge in [-0.3, -0.25) is 9.59 Å². The molecule has 0 aromatic heterocycles. The molecule has 1 amide bonds. The van der Waals surface area contributed by atoms with E-state index in [2.05, 4.69) is 20.7 Å². The van der Waals surface area contributed by atoms with Gasteiger partial charge in [0.15, 0.2) is 0 Å². The Balaban J connectivity index is 2.07. The lowest BCUT2D eigenvalue weighted by molar-refractivity contribution is -0.145. The summed E-state index contributed by atoms with van der Waals surface area (Å²) in [5.74, 6) is -1.37. The molecule has 1 aromatic rings. The average Bonchev–Trinajstić information content (AvgIpc) is 2.73. The van der Waals surface area contributed by atoms with Crippen LogP contribution >= 0.6 is 15.9 Å². The molecule has 1 aliphatic rings. The van der Waals surface area contributed by atoms with Crippen LogP contribution in [0.25, 0.3) is 0 Å². The van der Waals surface area contributed by atoms with Gasteiger partial charge in [-0.05, 0) is 12.1 Å². The number of hydrogen-bond donors (Lipinski definition) is 0. The minimum atomic E-state index is -0.448. The summed E-state index contributed by atoms with van der Waals surface area (Å²) in [7, 11) is 1.30. The van der Waals surface area contributed by atoms with Crippen molar-refractivity contribution in [3.8, 4) is 0 Å². The first kappa shape index (κ1) is 14.0. The number of rotatable bonds is 3. The Bertz CT molecular complexity index is 521. The summed E-state index contributed by atoms with van der Waals surface area (Å²) in [4.78, 5) is 24.6. The van der Waals surface area contributed by atoms with Gasteiger partial charge in [-0.1, -0.05) is 22.0 Å². The zero-order valence-corrected chi connectivity index (χ0v) is 11.9. The molecular weight excluding hydrogens is 317 g/mol. The summed E-state index contributed by atoms with van der Waals surface area (Å²) >= 11 is 3.18. The number of methoxy groups -OCH3 is 1. The first-order valence-electron chi connectivity index (χ1n) is 5.80. The largest absolute Gasteiger partial charge is 0.469 e. The molecule has 0 N–H and O–H groups in total. The molecule has 1 fully saturated rings. The number of halogens is 2. The number of ether oxygens (including phenoxy) is 1. The Morgan fingerprint density at radius 1 is 1.58 bits per heavy atom. The third kappa shape index (κ3) is 3.12. The van der Waals surface area contributed by atoms with Crippen molar-refractivity contribution in [2.24, 2.45) is 5.92 Å². The van der Waals surface area contributed by atoms with E-state index in [4.69, 9.17) is 0 Å². The van der Waals surface area contributed by atoms with Gasteiger partial charge in [-0.15, -0.1) is 0 Å². The average molecular weight is 330 g/mol. The van der Waals surface area contributed by atoms with Gasteiger partial charge in [0.2, 0.25) is 5.91 Å². The number of nitrogens with zero attached hydrogens (tertiary/aromatic N) is 1. The zero-order chi connectivity index (χ0) is 14.0. The van der Waals surface area contributed by atoms with Gasteiger partial charge in [0.25, 0.3) is 0 Å². The van der Waals surface area contributed by atoms with Crippen LogP contribution in [-0.4, -0.2) is 30.4 Å². The van der Waals surface area contributed by atoms with E-state index in [-0.39, 0.29) is 31.2 Å². The second-order valence-electron chi connectivity index (χ2n) is 4.43. The summed E-state index contributed by atoms with van der Waals surface area (Å²) < 4.78 is 19.0. The van der Waals surface area contributed by atoms with E-state index >= 15 is 0 Å². The van der Waals surface area contributed by atoms with Gasteiger partial charge < -0.3 is 9.64 Å². The van der Waals surface area contributed by atoms with Gasteiger partial charge in [0, 0.05) is 29.5 Å². The second kappa shape index (κ2) is 5.69. The van der Waals surface area contributed by atoms with Crippen LogP contribution in [0.5, 0.6) is 0 Å². The molecule has 1 aliphatic heterocycles. The fourth-order valence-corrected chi connectivity index (χ4v) is 2.44. The van der Waals surface area contributed by atoms with E-state index in [1.54, 1.807) is 12.1 Å². The highest BCUT2D eigenvalue weighted by Crippen LogP contribution is 2.23. The first-order valence-corrected chi connectivity index (χ1v) is 6.60. The highest BCUT2D eigenvalue weighted by Gasteiger charge is 2.35. The predicted molar refractivity (Wildman–Crippen MR) is 69.6 cm³/mol. The van der Waals surface area contributed by atoms with Gasteiger partial charge in [-0.25, -0.2) is 4.39 Å². The molecule has 1 unspecified atom stereocenters. The standard InChI is InChI=1S/C13H13BrFNO3/c1-19-13(18)9-4-12(17)16(7-9)6-8-2-3-10(14)5-11(8)15/h2-3,5,9H,4,6-7H2,1H3. The molecule has 1 aromatic carbocycles. The van der Waals surface area contributed by atoms with Crippen molar-refractivity contribution in [1.82, 2.24) is 4.90 Å². The number of carbonyl (C=O) groups excluding carboxylic acids is 2. The van der Waals surface area contributed by atoms with Gasteiger partial charge >= 0.3 is 5.97 Å². The normalized spacial score (nSPS) is 18.8. The van der Waals surface area contributed by atoms with Crippen molar-refractivity contribution in [3.63, 3.8) is 0 Å². The molecule has 0 bridgehead atoms. The van der Waals surface area contributed by atoms with Crippen LogP contribution in [-0.2, 0) is 20.9 Å². The molecule has 0 aliphatic carbocycles. The topological polar surface area (TPSA) is 46.6 Å². The number of carbonyl (C=O) groups is 2. The quantitative estimate of drug-likeness (QED) is 0.798. The highest BCUT2D eigenvalue weighted by molar-refractivity contribution is 9.10. The summed E-state index contributed by atoms with van der Waals surface area (Å²) in [6.45, 7) is 0.451. The van der Waals surface area contributed by atoms with Gasteiger partial charge in [0.05, 0.1) is 13.0 Å². The molecule has 0 saturated carbocycles. The van der Waals surface area contributed by atoms with Crippen molar-refractivity contribution in [3.05, 3.63) is 34.1 Å². The Hall–Kier alpha value is -1.43. The third-order valence-corrected chi connectivity index (χ3v) is 3.62. The Morgan fingerprint density at radius 2 is 2.32 bits per heavy atom. The molecule has 1 saturated heterocycles. The van der Waals surface area contributed by atoms with Crippen LogP contribution in [0.1, 0.15) is 12.0 Å². The summed E-state index contributed by atoms with van der Waals surface area (Å²) in [5, 5.41) is 0. The fourth-order valence-electron chi connectivity index (χ4n) is 2.11. The van der Waals surface area contributed by atoms with E-state index in [9.17, 15) is 14.0 Å². The van der Waals surface area contributed by atoms with Crippen LogP contribution in [0.2, 0.25) is 0 Å². The van der Waals surface area contributed by atoms with Crippen LogP contribution in [0.15, 0.2) is 22.7 Å². The number of likely N-dealkylation sites (tertiary alicyclic amines) is 1. The maximum absolute atomic E-state index is 13.7. The molecule has 19 heavy (non-hydrogen) atoms. The minimum Gasteiger partial charge on any atom is -0.469 e. The molecular formula is C13H13BrFNO3. The molecule has 6 heteroatoms. The van der Waals surface area contributed by atoms with Crippen molar-refractivity contribution >= 4 is 27.8 Å². The Kier molecular flexibility index (Phi) is 4.19. The number of benzene rings is 1. The lowest BCUT2D eigenvalue weighted by atomic mass is 10.1. The monoisotopic (exact) mass is 329 g/mol. The third-order valence-electron chi connectivity index (χ3n) is 3.13. The van der Waals surface area contributed by atoms with E-state index in [0.29, 0.717) is 10.0 Å². The predicted octanol–water partition coefficient (Wildman–Crippen LogP) is 2.11. The van der Waals surface area contributed by atoms with Crippen LogP contribution in [0.4, 0.5) is 4.39 Å². The SMILES string of the molecule is COC(=O)C1CC(=O)N(Cc2ccc(Br)cc2F)C1.